The fourth-order valence-corrected chi connectivity index (χ4v) is 2.17. The summed E-state index contributed by atoms with van der Waals surface area (Å²) in [6, 6.07) is 0. The maximum atomic E-state index is 10.9. The molecule has 0 aliphatic heterocycles. The summed E-state index contributed by atoms with van der Waals surface area (Å²) in [4.78, 5) is 54.5. The van der Waals surface area contributed by atoms with Crippen LogP contribution < -0.4 is 35.6 Å². The van der Waals surface area contributed by atoms with E-state index in [1.807, 2.05) is 0 Å². The van der Waals surface area contributed by atoms with Crippen LogP contribution in [0.25, 0.3) is 0 Å². The lowest BCUT2D eigenvalue weighted by atomic mass is 10.5. The highest BCUT2D eigenvalue weighted by Crippen LogP contribution is 2.24. The van der Waals surface area contributed by atoms with E-state index in [4.69, 9.17) is 0 Å². The number of hydrogen-bond donors (Lipinski definition) is 0. The minimum atomic E-state index is -5.39. The van der Waals surface area contributed by atoms with E-state index in [1.54, 1.807) is 13.8 Å². The van der Waals surface area contributed by atoms with Gasteiger partial charge in [-0.2, -0.15) is 9.97 Å². The minimum Gasteiger partial charge on any atom is -0.805 e. The Kier molecular flexibility index (Phi) is 4.78. The molecule has 108 valence electrons. The summed E-state index contributed by atoms with van der Waals surface area (Å²) >= 11 is 0. The van der Waals surface area contributed by atoms with E-state index in [1.165, 1.54) is 4.90 Å². The van der Waals surface area contributed by atoms with E-state index < -0.39 is 26.3 Å². The second-order valence-electron chi connectivity index (χ2n) is 3.40. The van der Waals surface area contributed by atoms with Crippen molar-refractivity contribution in [2.24, 2.45) is 0 Å². The zero-order chi connectivity index (χ0) is 14.8. The number of aromatic nitrogens is 3. The molecule has 10 nitrogen and oxygen atoms in total. The zero-order valence-electron chi connectivity index (χ0n) is 10.0. The van der Waals surface area contributed by atoms with Crippen LogP contribution >= 0.6 is 15.2 Å². The number of rotatable bonds is 5. The SMILES string of the molecule is CCN(CC)c1nc(P(=O)([O-])[O-])nc(P(=O)([O-])[O-])n1. The Morgan fingerprint density at radius 3 is 1.53 bits per heavy atom. The maximum absolute atomic E-state index is 10.9. The zero-order valence-corrected chi connectivity index (χ0v) is 11.8. The number of hydrogen-bond acceptors (Lipinski definition) is 10. The first-order valence-corrected chi connectivity index (χ1v) is 8.24. The molecule has 0 aromatic carbocycles. The molecular weight excluding hydrogens is 298 g/mol. The van der Waals surface area contributed by atoms with Gasteiger partial charge in [0, 0.05) is 28.3 Å². The lowest BCUT2D eigenvalue weighted by Crippen LogP contribution is -2.41. The molecule has 0 unspecified atom stereocenters. The summed E-state index contributed by atoms with van der Waals surface area (Å²) in [6.07, 6.45) is 0. The monoisotopic (exact) mass is 308 g/mol. The van der Waals surface area contributed by atoms with Gasteiger partial charge in [0.05, 0.1) is 0 Å². The first-order chi connectivity index (χ1) is 8.59. The van der Waals surface area contributed by atoms with Gasteiger partial charge >= 0.3 is 0 Å². The first kappa shape index (κ1) is 16.2. The minimum absolute atomic E-state index is 0.323. The van der Waals surface area contributed by atoms with Gasteiger partial charge < -0.3 is 33.6 Å². The van der Waals surface area contributed by atoms with E-state index in [9.17, 15) is 28.7 Å². The van der Waals surface area contributed by atoms with Gasteiger partial charge in [0.1, 0.15) is 0 Å². The van der Waals surface area contributed by atoms with Gasteiger partial charge in [0.25, 0.3) is 0 Å². The van der Waals surface area contributed by atoms with Crippen LogP contribution in [0.4, 0.5) is 5.95 Å². The molecule has 12 heteroatoms. The van der Waals surface area contributed by atoms with Crippen molar-refractivity contribution in [3.63, 3.8) is 0 Å². The molecule has 19 heavy (non-hydrogen) atoms. The summed E-state index contributed by atoms with van der Waals surface area (Å²) in [6.45, 7) is 4.00. The lowest BCUT2D eigenvalue weighted by Gasteiger charge is -2.32. The normalized spacial score (nSPS) is 12.5. The van der Waals surface area contributed by atoms with Gasteiger partial charge in [-0.15, -0.1) is 0 Å². The highest BCUT2D eigenvalue weighted by molar-refractivity contribution is 7.58. The summed E-state index contributed by atoms with van der Waals surface area (Å²) in [5, 5.41) is 0. The molecule has 0 saturated heterocycles. The second-order valence-corrected chi connectivity index (χ2v) is 6.19. The summed E-state index contributed by atoms with van der Waals surface area (Å²) < 4.78 is 21.7. The third-order valence-corrected chi connectivity index (χ3v) is 3.52. The molecule has 0 saturated carbocycles. The van der Waals surface area contributed by atoms with E-state index >= 15 is 0 Å². The van der Waals surface area contributed by atoms with Crippen LogP contribution in [0.15, 0.2) is 0 Å². The van der Waals surface area contributed by atoms with Gasteiger partial charge in [0.2, 0.25) is 5.95 Å². The van der Waals surface area contributed by atoms with E-state index in [2.05, 4.69) is 15.0 Å². The number of anilines is 1. The van der Waals surface area contributed by atoms with Crippen molar-refractivity contribution in [2.45, 2.75) is 13.8 Å². The molecule has 0 atom stereocenters. The van der Waals surface area contributed by atoms with Gasteiger partial charge in [-0.3, -0.25) is 0 Å². The largest absolute Gasteiger partial charge is 0.805 e. The van der Waals surface area contributed by atoms with Crippen molar-refractivity contribution in [3.8, 4) is 0 Å². The van der Waals surface area contributed by atoms with Crippen molar-refractivity contribution >= 4 is 32.3 Å². The molecule has 1 heterocycles. The molecule has 0 spiro atoms. The molecule has 0 radical (unpaired) electrons. The summed E-state index contributed by atoms with van der Waals surface area (Å²) in [7, 11) is -10.8. The smallest absolute Gasteiger partial charge is 0.229 e. The quantitative estimate of drug-likeness (QED) is 0.486. The molecule has 1 rings (SSSR count). The maximum Gasteiger partial charge on any atom is 0.229 e. The molecule has 0 amide bonds. The van der Waals surface area contributed by atoms with E-state index in [-0.39, 0.29) is 5.95 Å². The molecule has 0 fully saturated rings. The van der Waals surface area contributed by atoms with Gasteiger partial charge in [-0.25, -0.2) is 4.98 Å². The van der Waals surface area contributed by atoms with E-state index in [0.717, 1.165) is 0 Å². The average Bonchev–Trinajstić information content (AvgIpc) is 2.28. The van der Waals surface area contributed by atoms with Crippen LogP contribution in [0.2, 0.25) is 0 Å². The molecule has 1 aromatic rings. The van der Waals surface area contributed by atoms with Crippen molar-refractivity contribution in [3.05, 3.63) is 0 Å². The Balaban J connectivity index is 3.49. The van der Waals surface area contributed by atoms with Gasteiger partial charge in [-0.1, -0.05) is 0 Å². The van der Waals surface area contributed by atoms with Crippen molar-refractivity contribution < 1.29 is 28.7 Å². The van der Waals surface area contributed by atoms with E-state index in [0.29, 0.717) is 13.1 Å². The van der Waals surface area contributed by atoms with Crippen LogP contribution in [0.5, 0.6) is 0 Å². The Morgan fingerprint density at radius 1 is 0.895 bits per heavy atom. The fourth-order valence-electron chi connectivity index (χ4n) is 1.24. The molecular formula is C7H10N4O6P2-4. The van der Waals surface area contributed by atoms with Crippen LogP contribution in [0, 0.1) is 0 Å². The molecule has 0 bridgehead atoms. The Morgan fingerprint density at radius 2 is 1.26 bits per heavy atom. The molecule has 0 aliphatic carbocycles. The Labute approximate surface area is 108 Å². The standard InChI is InChI=1S/C7H14N4O6P2/c1-3-11(4-2)5-8-6(18(12,13)14)10-7(9-5)19(15,16)17/h3-4H2,1-2H3,(H2,12,13,14)(H2,15,16,17)/p-4. The summed E-state index contributed by atoms with van der Waals surface area (Å²) in [5.41, 5.74) is -2.52. The van der Waals surface area contributed by atoms with Crippen molar-refractivity contribution in [2.75, 3.05) is 18.0 Å². The predicted octanol–water partition coefficient (Wildman–Crippen LogP) is -4.20. The molecule has 0 aliphatic rings. The molecule has 1 aromatic heterocycles. The topological polar surface area (TPSA) is 168 Å². The second kappa shape index (κ2) is 5.62. The van der Waals surface area contributed by atoms with Crippen LogP contribution in [0.1, 0.15) is 13.8 Å². The lowest BCUT2D eigenvalue weighted by molar-refractivity contribution is -0.309. The Bertz CT molecular complexity index is 510. The summed E-state index contributed by atoms with van der Waals surface area (Å²) in [5.74, 6) is -0.344. The third kappa shape index (κ3) is 4.04. The predicted molar refractivity (Wildman–Crippen MR) is 57.9 cm³/mol. The van der Waals surface area contributed by atoms with Crippen LogP contribution in [-0.4, -0.2) is 28.0 Å². The molecule has 0 N–H and O–H groups in total. The third-order valence-electron chi connectivity index (χ3n) is 2.14. The van der Waals surface area contributed by atoms with Crippen LogP contribution in [0.3, 0.4) is 0 Å². The van der Waals surface area contributed by atoms with Crippen molar-refractivity contribution in [1.82, 2.24) is 15.0 Å². The Hall–Kier alpha value is -0.890. The highest BCUT2D eigenvalue weighted by Gasteiger charge is 2.14. The number of nitrogens with zero attached hydrogens (tertiary/aromatic N) is 4. The van der Waals surface area contributed by atoms with Crippen LogP contribution in [-0.2, 0) is 9.13 Å². The average molecular weight is 308 g/mol. The van der Waals surface area contributed by atoms with Crippen molar-refractivity contribution in [1.29, 1.82) is 0 Å². The first-order valence-electron chi connectivity index (χ1n) is 5.15. The van der Waals surface area contributed by atoms with Gasteiger partial charge in [-0.05, 0) is 13.8 Å². The van der Waals surface area contributed by atoms with Gasteiger partial charge in [0.15, 0.2) is 11.1 Å². The highest BCUT2D eigenvalue weighted by atomic mass is 31.2. The fraction of sp³-hybridized carbons (Fsp3) is 0.571.